The van der Waals surface area contributed by atoms with Crippen molar-refractivity contribution >= 4 is 11.3 Å². The van der Waals surface area contributed by atoms with Gasteiger partial charge in [-0.2, -0.15) is 0 Å². The SMILES string of the molecule is Cc1csc(CCNCC(C)C(N)c2ccccc2)n1. The molecule has 3 N–H and O–H groups in total. The van der Waals surface area contributed by atoms with E-state index in [1.165, 1.54) is 10.6 Å². The Balaban J connectivity index is 1.71. The summed E-state index contributed by atoms with van der Waals surface area (Å²) in [6.45, 7) is 6.12. The van der Waals surface area contributed by atoms with Crippen LogP contribution in [0.4, 0.5) is 0 Å². The number of hydrogen-bond acceptors (Lipinski definition) is 4. The van der Waals surface area contributed by atoms with Crippen molar-refractivity contribution in [2.24, 2.45) is 11.7 Å². The van der Waals surface area contributed by atoms with Crippen LogP contribution in [-0.4, -0.2) is 18.1 Å². The molecule has 2 rings (SSSR count). The van der Waals surface area contributed by atoms with E-state index >= 15 is 0 Å². The predicted octanol–water partition coefficient (Wildman–Crippen LogP) is 2.92. The number of hydrogen-bond donors (Lipinski definition) is 2. The fraction of sp³-hybridized carbons (Fsp3) is 0.438. The summed E-state index contributed by atoms with van der Waals surface area (Å²) in [6, 6.07) is 10.4. The molecule has 0 saturated heterocycles. The lowest BCUT2D eigenvalue weighted by Gasteiger charge is -2.20. The summed E-state index contributed by atoms with van der Waals surface area (Å²) >= 11 is 1.74. The molecule has 1 heterocycles. The quantitative estimate of drug-likeness (QED) is 0.771. The van der Waals surface area contributed by atoms with Gasteiger partial charge in [-0.15, -0.1) is 11.3 Å². The molecule has 4 heteroatoms. The van der Waals surface area contributed by atoms with Crippen molar-refractivity contribution in [3.63, 3.8) is 0 Å². The van der Waals surface area contributed by atoms with Crippen molar-refractivity contribution in [2.75, 3.05) is 13.1 Å². The van der Waals surface area contributed by atoms with E-state index in [1.54, 1.807) is 11.3 Å². The highest BCUT2D eigenvalue weighted by Crippen LogP contribution is 2.18. The maximum Gasteiger partial charge on any atom is 0.0940 e. The average molecular weight is 289 g/mol. The van der Waals surface area contributed by atoms with E-state index in [0.717, 1.165) is 25.2 Å². The Labute approximate surface area is 125 Å². The number of aromatic nitrogens is 1. The molecular weight excluding hydrogens is 266 g/mol. The Hall–Kier alpha value is -1.23. The monoisotopic (exact) mass is 289 g/mol. The molecular formula is C16H23N3S. The summed E-state index contributed by atoms with van der Waals surface area (Å²) in [5.74, 6) is 0.412. The van der Waals surface area contributed by atoms with Gasteiger partial charge in [0.05, 0.1) is 5.01 Å². The van der Waals surface area contributed by atoms with E-state index in [2.05, 4.69) is 34.7 Å². The average Bonchev–Trinajstić information content (AvgIpc) is 2.89. The molecule has 0 bridgehead atoms. The molecule has 0 saturated carbocycles. The number of rotatable bonds is 7. The van der Waals surface area contributed by atoms with E-state index in [4.69, 9.17) is 5.73 Å². The molecule has 0 aliphatic rings. The number of nitrogens with zero attached hydrogens (tertiary/aromatic N) is 1. The van der Waals surface area contributed by atoms with Gasteiger partial charge in [-0.1, -0.05) is 37.3 Å². The molecule has 0 fully saturated rings. The maximum atomic E-state index is 6.28. The van der Waals surface area contributed by atoms with Gasteiger partial charge in [0.15, 0.2) is 0 Å². The van der Waals surface area contributed by atoms with Gasteiger partial charge in [-0.3, -0.25) is 0 Å². The smallest absolute Gasteiger partial charge is 0.0940 e. The molecule has 0 amide bonds. The van der Waals surface area contributed by atoms with E-state index in [9.17, 15) is 0 Å². The number of nitrogens with one attached hydrogen (secondary N) is 1. The van der Waals surface area contributed by atoms with Crippen LogP contribution in [0.3, 0.4) is 0 Å². The van der Waals surface area contributed by atoms with Gasteiger partial charge >= 0.3 is 0 Å². The van der Waals surface area contributed by atoms with Crippen molar-refractivity contribution in [3.8, 4) is 0 Å². The van der Waals surface area contributed by atoms with Crippen molar-refractivity contribution in [1.82, 2.24) is 10.3 Å². The largest absolute Gasteiger partial charge is 0.324 e. The Morgan fingerprint density at radius 1 is 1.30 bits per heavy atom. The number of nitrogens with two attached hydrogens (primary N) is 1. The van der Waals surface area contributed by atoms with E-state index in [1.807, 2.05) is 25.1 Å². The van der Waals surface area contributed by atoms with Gasteiger partial charge in [-0.25, -0.2) is 4.98 Å². The molecule has 0 radical (unpaired) electrons. The lowest BCUT2D eigenvalue weighted by molar-refractivity contribution is 0.436. The van der Waals surface area contributed by atoms with Crippen LogP contribution in [0.15, 0.2) is 35.7 Å². The first-order chi connectivity index (χ1) is 9.66. The lowest BCUT2D eigenvalue weighted by Crippen LogP contribution is -2.30. The Bertz CT molecular complexity index is 509. The van der Waals surface area contributed by atoms with Crippen LogP contribution in [0.1, 0.15) is 29.2 Å². The van der Waals surface area contributed by atoms with Crippen LogP contribution < -0.4 is 11.1 Å². The number of thiazole rings is 1. The minimum Gasteiger partial charge on any atom is -0.324 e. The fourth-order valence-electron chi connectivity index (χ4n) is 2.17. The van der Waals surface area contributed by atoms with Crippen LogP contribution in [0, 0.1) is 12.8 Å². The highest BCUT2D eigenvalue weighted by Gasteiger charge is 2.13. The third-order valence-corrected chi connectivity index (χ3v) is 4.47. The summed E-state index contributed by atoms with van der Waals surface area (Å²) in [6.07, 6.45) is 0.992. The first-order valence-corrected chi connectivity index (χ1v) is 7.97. The zero-order valence-electron chi connectivity index (χ0n) is 12.2. The molecule has 108 valence electrons. The third kappa shape index (κ3) is 4.40. The molecule has 0 aliphatic heterocycles. The molecule has 3 nitrogen and oxygen atoms in total. The van der Waals surface area contributed by atoms with Crippen molar-refractivity contribution in [3.05, 3.63) is 52.0 Å². The molecule has 1 aromatic heterocycles. The zero-order valence-corrected chi connectivity index (χ0v) is 13.0. The first kappa shape index (κ1) is 15.2. The standard InChI is InChI=1S/C16H23N3S/c1-12(16(17)14-6-4-3-5-7-14)10-18-9-8-15-19-13(2)11-20-15/h3-7,11-12,16,18H,8-10,17H2,1-2H3. The molecule has 1 aromatic carbocycles. The normalized spacial score (nSPS) is 14.2. The van der Waals surface area contributed by atoms with E-state index in [-0.39, 0.29) is 6.04 Å². The van der Waals surface area contributed by atoms with Gasteiger partial charge in [0, 0.05) is 30.1 Å². The second-order valence-corrected chi connectivity index (χ2v) is 6.19. The maximum absolute atomic E-state index is 6.28. The van der Waals surface area contributed by atoms with Gasteiger partial charge in [0.25, 0.3) is 0 Å². The topological polar surface area (TPSA) is 50.9 Å². The molecule has 0 aliphatic carbocycles. The van der Waals surface area contributed by atoms with Crippen molar-refractivity contribution in [1.29, 1.82) is 0 Å². The second kappa shape index (κ2) is 7.53. The van der Waals surface area contributed by atoms with Gasteiger partial charge < -0.3 is 11.1 Å². The Morgan fingerprint density at radius 3 is 2.70 bits per heavy atom. The fourth-order valence-corrected chi connectivity index (χ4v) is 2.95. The van der Waals surface area contributed by atoms with Crippen molar-refractivity contribution < 1.29 is 0 Å². The Kier molecular flexibility index (Phi) is 5.71. The third-order valence-electron chi connectivity index (χ3n) is 3.45. The summed E-state index contributed by atoms with van der Waals surface area (Å²) in [4.78, 5) is 4.46. The van der Waals surface area contributed by atoms with Gasteiger partial charge in [-0.05, 0) is 24.9 Å². The van der Waals surface area contributed by atoms with Crippen molar-refractivity contribution in [2.45, 2.75) is 26.3 Å². The predicted molar refractivity (Wildman–Crippen MR) is 86.0 cm³/mol. The van der Waals surface area contributed by atoms with E-state index < -0.39 is 0 Å². The van der Waals surface area contributed by atoms with E-state index in [0.29, 0.717) is 5.92 Å². The summed E-state index contributed by atoms with van der Waals surface area (Å²) in [5, 5.41) is 6.78. The summed E-state index contributed by atoms with van der Waals surface area (Å²) in [5.41, 5.74) is 8.61. The number of benzene rings is 1. The lowest BCUT2D eigenvalue weighted by atomic mass is 9.95. The molecule has 20 heavy (non-hydrogen) atoms. The minimum atomic E-state index is 0.0887. The molecule has 0 spiro atoms. The number of aryl methyl sites for hydroxylation is 1. The minimum absolute atomic E-state index is 0.0887. The van der Waals surface area contributed by atoms with Gasteiger partial charge in [0.2, 0.25) is 0 Å². The zero-order chi connectivity index (χ0) is 14.4. The highest BCUT2D eigenvalue weighted by atomic mass is 32.1. The Morgan fingerprint density at radius 2 is 2.05 bits per heavy atom. The molecule has 2 unspecified atom stereocenters. The molecule has 2 atom stereocenters. The van der Waals surface area contributed by atoms with Crippen LogP contribution >= 0.6 is 11.3 Å². The van der Waals surface area contributed by atoms with Crippen LogP contribution in [0.5, 0.6) is 0 Å². The highest BCUT2D eigenvalue weighted by molar-refractivity contribution is 7.09. The van der Waals surface area contributed by atoms with Crippen LogP contribution in [0.25, 0.3) is 0 Å². The second-order valence-electron chi connectivity index (χ2n) is 5.25. The summed E-state index contributed by atoms with van der Waals surface area (Å²) < 4.78 is 0. The first-order valence-electron chi connectivity index (χ1n) is 7.09. The van der Waals surface area contributed by atoms with Crippen LogP contribution in [-0.2, 0) is 6.42 Å². The summed E-state index contributed by atoms with van der Waals surface area (Å²) in [7, 11) is 0. The molecule has 2 aromatic rings. The van der Waals surface area contributed by atoms with Crippen LogP contribution in [0.2, 0.25) is 0 Å². The van der Waals surface area contributed by atoms with Gasteiger partial charge in [0.1, 0.15) is 0 Å².